The number of nitrogens with one attached hydrogen (secondary N) is 1. The number of carbonyl (C=O) groups excluding carboxylic acids is 1. The van der Waals surface area contributed by atoms with Crippen molar-refractivity contribution in [3.8, 4) is 5.75 Å². The van der Waals surface area contributed by atoms with Gasteiger partial charge in [0.1, 0.15) is 6.61 Å². The van der Waals surface area contributed by atoms with E-state index in [1.165, 1.54) is 6.07 Å². The number of nitro groups is 1. The van der Waals surface area contributed by atoms with E-state index in [1.807, 2.05) is 30.3 Å². The van der Waals surface area contributed by atoms with Crippen molar-refractivity contribution in [1.82, 2.24) is 9.78 Å². The number of amides is 1. The van der Waals surface area contributed by atoms with E-state index in [-0.39, 0.29) is 24.0 Å². The molecule has 166 valence electrons. The summed E-state index contributed by atoms with van der Waals surface area (Å²) < 4.78 is 7.42. The predicted octanol–water partition coefficient (Wildman–Crippen LogP) is 4.98. The lowest BCUT2D eigenvalue weighted by Crippen LogP contribution is -2.13. The number of carbonyl (C=O) groups is 1. The third-order valence-corrected chi connectivity index (χ3v) is 4.96. The molecule has 0 atom stereocenters. The van der Waals surface area contributed by atoms with E-state index in [2.05, 4.69) is 10.4 Å². The number of nitrogens with zero attached hydrogens (tertiary/aromatic N) is 3. The van der Waals surface area contributed by atoms with Crippen LogP contribution in [0.3, 0.4) is 0 Å². The summed E-state index contributed by atoms with van der Waals surface area (Å²) in [6.07, 6.45) is 1.81. The molecule has 1 heterocycles. The number of rotatable bonds is 8. The summed E-state index contributed by atoms with van der Waals surface area (Å²) in [7, 11) is 0. The Balaban J connectivity index is 1.40. The third-order valence-electron chi connectivity index (χ3n) is 4.96. The molecular formula is C25H22N4O4. The highest BCUT2D eigenvalue weighted by atomic mass is 16.6. The molecule has 0 saturated carbocycles. The van der Waals surface area contributed by atoms with Crippen LogP contribution >= 0.6 is 0 Å². The molecule has 1 N–H and O–H groups in total. The van der Waals surface area contributed by atoms with Crippen molar-refractivity contribution in [1.29, 1.82) is 0 Å². The monoisotopic (exact) mass is 442 g/mol. The predicted molar refractivity (Wildman–Crippen MR) is 124 cm³/mol. The van der Waals surface area contributed by atoms with E-state index in [0.29, 0.717) is 23.5 Å². The van der Waals surface area contributed by atoms with E-state index in [0.717, 1.165) is 11.1 Å². The summed E-state index contributed by atoms with van der Waals surface area (Å²) in [6, 6.07) is 23.4. The standard InChI is InChI=1S/C25H22N4O4/c1-18-10-11-23(22(14-18)29(31)32)33-17-20-8-5-9-21(15-20)25(30)26-24-12-13-28(27-24)16-19-6-3-2-4-7-19/h2-15H,16-17H2,1H3,(H,26,27,30). The lowest BCUT2D eigenvalue weighted by Gasteiger charge is -2.09. The molecule has 0 fully saturated rings. The Hall–Kier alpha value is -4.46. The van der Waals surface area contributed by atoms with Crippen molar-refractivity contribution in [3.05, 3.63) is 117 Å². The fraction of sp³-hybridized carbons (Fsp3) is 0.120. The zero-order valence-corrected chi connectivity index (χ0v) is 18.0. The second-order valence-electron chi connectivity index (χ2n) is 7.56. The highest BCUT2D eigenvalue weighted by Gasteiger charge is 2.15. The zero-order valence-electron chi connectivity index (χ0n) is 18.0. The third kappa shape index (κ3) is 5.62. The van der Waals surface area contributed by atoms with Gasteiger partial charge >= 0.3 is 5.69 Å². The van der Waals surface area contributed by atoms with Gasteiger partial charge in [-0.05, 0) is 41.8 Å². The van der Waals surface area contributed by atoms with Gasteiger partial charge in [-0.2, -0.15) is 5.10 Å². The molecule has 33 heavy (non-hydrogen) atoms. The van der Waals surface area contributed by atoms with Gasteiger partial charge in [0.05, 0.1) is 11.5 Å². The molecule has 0 bridgehead atoms. The topological polar surface area (TPSA) is 99.3 Å². The van der Waals surface area contributed by atoms with Gasteiger partial charge in [-0.1, -0.05) is 48.5 Å². The van der Waals surface area contributed by atoms with E-state index < -0.39 is 4.92 Å². The van der Waals surface area contributed by atoms with Crippen LogP contribution in [0.4, 0.5) is 11.5 Å². The van der Waals surface area contributed by atoms with E-state index >= 15 is 0 Å². The SMILES string of the molecule is Cc1ccc(OCc2cccc(C(=O)Nc3ccn(Cc4ccccc4)n3)c2)c([N+](=O)[O-])c1. The molecule has 4 rings (SSSR count). The minimum absolute atomic E-state index is 0.0880. The van der Waals surface area contributed by atoms with Crippen molar-refractivity contribution < 1.29 is 14.5 Å². The fourth-order valence-corrected chi connectivity index (χ4v) is 3.33. The van der Waals surface area contributed by atoms with Crippen LogP contribution in [0.15, 0.2) is 85.1 Å². The average Bonchev–Trinajstić information content (AvgIpc) is 3.25. The fourth-order valence-electron chi connectivity index (χ4n) is 3.33. The van der Waals surface area contributed by atoms with Gasteiger partial charge in [0.15, 0.2) is 11.6 Å². The van der Waals surface area contributed by atoms with E-state index in [4.69, 9.17) is 4.74 Å². The average molecular weight is 442 g/mol. The first-order chi connectivity index (χ1) is 16.0. The molecule has 0 unspecified atom stereocenters. The summed E-state index contributed by atoms with van der Waals surface area (Å²) >= 11 is 0. The molecule has 8 nitrogen and oxygen atoms in total. The molecule has 0 saturated heterocycles. The first kappa shape index (κ1) is 21.8. The van der Waals surface area contributed by atoms with Crippen LogP contribution in [0.25, 0.3) is 0 Å². The molecular weight excluding hydrogens is 420 g/mol. The van der Waals surface area contributed by atoms with Gasteiger partial charge in [0.25, 0.3) is 5.91 Å². The highest BCUT2D eigenvalue weighted by molar-refractivity contribution is 6.03. The van der Waals surface area contributed by atoms with Crippen molar-refractivity contribution in [3.63, 3.8) is 0 Å². The lowest BCUT2D eigenvalue weighted by atomic mass is 10.1. The number of aromatic nitrogens is 2. The van der Waals surface area contributed by atoms with Gasteiger partial charge in [-0.25, -0.2) is 0 Å². The van der Waals surface area contributed by atoms with E-state index in [9.17, 15) is 14.9 Å². The van der Waals surface area contributed by atoms with Gasteiger partial charge < -0.3 is 10.1 Å². The maximum Gasteiger partial charge on any atom is 0.311 e. The number of hydrogen-bond donors (Lipinski definition) is 1. The Morgan fingerprint density at radius 1 is 1.03 bits per heavy atom. The minimum Gasteiger partial charge on any atom is -0.482 e. The Kier molecular flexibility index (Phi) is 6.45. The van der Waals surface area contributed by atoms with E-state index in [1.54, 1.807) is 60.3 Å². The van der Waals surface area contributed by atoms with Crippen molar-refractivity contribution in [2.45, 2.75) is 20.1 Å². The minimum atomic E-state index is -0.469. The zero-order chi connectivity index (χ0) is 23.2. The summed E-state index contributed by atoms with van der Waals surface area (Å²) in [5.41, 5.74) is 2.95. The highest BCUT2D eigenvalue weighted by Crippen LogP contribution is 2.28. The Bertz CT molecular complexity index is 1280. The lowest BCUT2D eigenvalue weighted by molar-refractivity contribution is -0.386. The second kappa shape index (κ2) is 9.78. The summed E-state index contributed by atoms with van der Waals surface area (Å²) in [5, 5.41) is 18.5. The maximum atomic E-state index is 12.7. The number of nitro benzene ring substituents is 1. The van der Waals surface area contributed by atoms with Crippen LogP contribution in [0.1, 0.15) is 27.0 Å². The maximum absolute atomic E-state index is 12.7. The van der Waals surface area contributed by atoms with Crippen LogP contribution in [-0.4, -0.2) is 20.6 Å². The van der Waals surface area contributed by atoms with Crippen LogP contribution in [0.5, 0.6) is 5.75 Å². The van der Waals surface area contributed by atoms with Crippen LogP contribution in [0, 0.1) is 17.0 Å². The normalized spacial score (nSPS) is 10.6. The number of benzene rings is 3. The molecule has 0 aliphatic heterocycles. The smallest absolute Gasteiger partial charge is 0.311 e. The molecule has 0 radical (unpaired) electrons. The molecule has 1 amide bonds. The van der Waals surface area contributed by atoms with Gasteiger partial charge in [0, 0.05) is 23.9 Å². The first-order valence-corrected chi connectivity index (χ1v) is 10.3. The Morgan fingerprint density at radius 2 is 1.82 bits per heavy atom. The second-order valence-corrected chi connectivity index (χ2v) is 7.56. The van der Waals surface area contributed by atoms with Crippen LogP contribution < -0.4 is 10.1 Å². The van der Waals surface area contributed by atoms with Gasteiger partial charge in [-0.3, -0.25) is 19.6 Å². The molecule has 3 aromatic carbocycles. The summed E-state index contributed by atoms with van der Waals surface area (Å²) in [4.78, 5) is 23.5. The van der Waals surface area contributed by atoms with Gasteiger partial charge in [-0.15, -0.1) is 0 Å². The van der Waals surface area contributed by atoms with Crippen molar-refractivity contribution in [2.75, 3.05) is 5.32 Å². The number of anilines is 1. The Morgan fingerprint density at radius 3 is 2.61 bits per heavy atom. The summed E-state index contributed by atoms with van der Waals surface area (Å²) in [6.45, 7) is 2.48. The van der Waals surface area contributed by atoms with Gasteiger partial charge in [0.2, 0.25) is 0 Å². The quantitative estimate of drug-likeness (QED) is 0.306. The largest absolute Gasteiger partial charge is 0.482 e. The molecule has 4 aromatic rings. The number of ether oxygens (including phenoxy) is 1. The molecule has 1 aromatic heterocycles. The van der Waals surface area contributed by atoms with Crippen LogP contribution in [0.2, 0.25) is 0 Å². The van der Waals surface area contributed by atoms with Crippen molar-refractivity contribution >= 4 is 17.4 Å². The number of hydrogen-bond acceptors (Lipinski definition) is 5. The number of aryl methyl sites for hydroxylation is 1. The molecule has 0 aliphatic rings. The molecule has 0 spiro atoms. The molecule has 8 heteroatoms. The first-order valence-electron chi connectivity index (χ1n) is 10.3. The summed E-state index contributed by atoms with van der Waals surface area (Å²) in [5.74, 6) is 0.334. The van der Waals surface area contributed by atoms with Crippen molar-refractivity contribution in [2.24, 2.45) is 0 Å². The van der Waals surface area contributed by atoms with Crippen LogP contribution in [-0.2, 0) is 13.2 Å². The Labute approximate surface area is 190 Å². The molecule has 0 aliphatic carbocycles.